The normalized spacial score (nSPS) is 10.3. The average molecular weight is 262 g/mol. The van der Waals surface area contributed by atoms with E-state index in [9.17, 15) is 4.39 Å². The predicted octanol–water partition coefficient (Wildman–Crippen LogP) is 2.87. The third kappa shape index (κ3) is 3.20. The van der Waals surface area contributed by atoms with E-state index in [-0.39, 0.29) is 18.2 Å². The zero-order chi connectivity index (χ0) is 13.7. The molecule has 5 heteroatoms. The van der Waals surface area contributed by atoms with Crippen molar-refractivity contribution in [2.45, 2.75) is 13.5 Å². The minimum Gasteiger partial charge on any atom is -0.488 e. The predicted molar refractivity (Wildman–Crippen MR) is 69.8 cm³/mol. The van der Waals surface area contributed by atoms with Crippen molar-refractivity contribution < 1.29 is 13.9 Å². The largest absolute Gasteiger partial charge is 0.488 e. The first kappa shape index (κ1) is 13.3. The van der Waals surface area contributed by atoms with Gasteiger partial charge in [0.25, 0.3) is 5.88 Å². The summed E-state index contributed by atoms with van der Waals surface area (Å²) in [5.74, 6) is 0.337. The van der Waals surface area contributed by atoms with Crippen molar-refractivity contribution in [1.29, 1.82) is 0 Å². The second-order valence-corrected chi connectivity index (χ2v) is 3.81. The molecule has 1 aromatic heterocycles. The van der Waals surface area contributed by atoms with Gasteiger partial charge in [0.1, 0.15) is 0 Å². The highest BCUT2D eigenvalue weighted by atomic mass is 19.1. The number of halogens is 1. The molecule has 0 aliphatic rings. The molecule has 0 aliphatic heterocycles. The Morgan fingerprint density at radius 2 is 2.11 bits per heavy atom. The summed E-state index contributed by atoms with van der Waals surface area (Å²) in [6, 6.07) is 8.03. The van der Waals surface area contributed by atoms with Gasteiger partial charge in [-0.1, -0.05) is 6.07 Å². The number of pyridine rings is 1. The quantitative estimate of drug-likeness (QED) is 0.900. The van der Waals surface area contributed by atoms with Gasteiger partial charge in [0.15, 0.2) is 17.3 Å². The Kier molecular flexibility index (Phi) is 4.30. The number of nitrogens with two attached hydrogens (primary N) is 1. The van der Waals surface area contributed by atoms with E-state index in [2.05, 4.69) is 4.98 Å². The molecular formula is C14H15FN2O2. The summed E-state index contributed by atoms with van der Waals surface area (Å²) in [5, 5.41) is 0. The molecule has 100 valence electrons. The van der Waals surface area contributed by atoms with Gasteiger partial charge >= 0.3 is 0 Å². The SMILES string of the molecule is CCOc1cccnc1Oc1ccc(CN)cc1F. The Balaban J connectivity index is 2.26. The number of nitrogens with zero attached hydrogens (tertiary/aromatic N) is 1. The number of ether oxygens (including phenoxy) is 2. The first-order valence-corrected chi connectivity index (χ1v) is 5.98. The molecule has 0 spiro atoms. The molecule has 2 rings (SSSR count). The molecular weight excluding hydrogens is 247 g/mol. The fraction of sp³-hybridized carbons (Fsp3) is 0.214. The van der Waals surface area contributed by atoms with Crippen molar-refractivity contribution >= 4 is 0 Å². The lowest BCUT2D eigenvalue weighted by Crippen LogP contribution is -2.00. The van der Waals surface area contributed by atoms with E-state index in [4.69, 9.17) is 15.2 Å². The molecule has 0 atom stereocenters. The van der Waals surface area contributed by atoms with Crippen molar-refractivity contribution in [1.82, 2.24) is 4.98 Å². The molecule has 0 saturated carbocycles. The summed E-state index contributed by atoms with van der Waals surface area (Å²) in [6.45, 7) is 2.62. The molecule has 19 heavy (non-hydrogen) atoms. The molecule has 2 aromatic rings. The molecule has 0 radical (unpaired) electrons. The minimum absolute atomic E-state index is 0.0943. The monoisotopic (exact) mass is 262 g/mol. The zero-order valence-electron chi connectivity index (χ0n) is 10.6. The summed E-state index contributed by atoms with van der Waals surface area (Å²) in [6.07, 6.45) is 1.56. The summed E-state index contributed by atoms with van der Waals surface area (Å²) >= 11 is 0. The van der Waals surface area contributed by atoms with Crippen LogP contribution < -0.4 is 15.2 Å². The third-order valence-corrected chi connectivity index (χ3v) is 2.47. The third-order valence-electron chi connectivity index (χ3n) is 2.47. The van der Waals surface area contributed by atoms with Crippen LogP contribution in [0.2, 0.25) is 0 Å². The van der Waals surface area contributed by atoms with Gasteiger partial charge in [-0.05, 0) is 36.8 Å². The van der Waals surface area contributed by atoms with E-state index >= 15 is 0 Å². The lowest BCUT2D eigenvalue weighted by Gasteiger charge is -2.10. The van der Waals surface area contributed by atoms with Crippen LogP contribution in [0, 0.1) is 5.82 Å². The summed E-state index contributed by atoms with van der Waals surface area (Å²) in [7, 11) is 0. The van der Waals surface area contributed by atoms with Crippen LogP contribution in [0.25, 0.3) is 0 Å². The number of rotatable bonds is 5. The van der Waals surface area contributed by atoms with Crippen LogP contribution in [-0.2, 0) is 6.54 Å². The summed E-state index contributed by atoms with van der Waals surface area (Å²) < 4.78 is 24.6. The van der Waals surface area contributed by atoms with Crippen LogP contribution in [-0.4, -0.2) is 11.6 Å². The molecule has 2 N–H and O–H groups in total. The molecule has 0 saturated heterocycles. The van der Waals surface area contributed by atoms with E-state index in [0.29, 0.717) is 17.9 Å². The van der Waals surface area contributed by atoms with Gasteiger partial charge in [0.2, 0.25) is 0 Å². The molecule has 4 nitrogen and oxygen atoms in total. The fourth-order valence-electron chi connectivity index (χ4n) is 1.58. The smallest absolute Gasteiger partial charge is 0.262 e. The van der Waals surface area contributed by atoms with Crippen molar-refractivity contribution in [2.24, 2.45) is 5.73 Å². The average Bonchev–Trinajstić information content (AvgIpc) is 2.43. The van der Waals surface area contributed by atoms with Crippen LogP contribution >= 0.6 is 0 Å². The topological polar surface area (TPSA) is 57.4 Å². The van der Waals surface area contributed by atoms with Crippen molar-refractivity contribution in [3.8, 4) is 17.4 Å². The van der Waals surface area contributed by atoms with E-state index in [1.807, 2.05) is 6.92 Å². The first-order chi connectivity index (χ1) is 9.24. The van der Waals surface area contributed by atoms with Crippen molar-refractivity contribution in [2.75, 3.05) is 6.61 Å². The van der Waals surface area contributed by atoms with Gasteiger partial charge in [-0.2, -0.15) is 0 Å². The van der Waals surface area contributed by atoms with Gasteiger partial charge in [-0.15, -0.1) is 0 Å². The lowest BCUT2D eigenvalue weighted by atomic mass is 10.2. The van der Waals surface area contributed by atoms with E-state index in [0.717, 1.165) is 0 Å². The second-order valence-electron chi connectivity index (χ2n) is 3.81. The van der Waals surface area contributed by atoms with Gasteiger partial charge in [-0.25, -0.2) is 9.37 Å². The Bertz CT molecular complexity index is 561. The molecule has 0 amide bonds. The Morgan fingerprint density at radius 1 is 1.26 bits per heavy atom. The van der Waals surface area contributed by atoms with Crippen LogP contribution in [0.5, 0.6) is 17.4 Å². The molecule has 0 fully saturated rings. The highest BCUT2D eigenvalue weighted by Gasteiger charge is 2.10. The second kappa shape index (κ2) is 6.15. The molecule has 0 aliphatic carbocycles. The van der Waals surface area contributed by atoms with Gasteiger partial charge < -0.3 is 15.2 Å². The molecule has 0 bridgehead atoms. The zero-order valence-corrected chi connectivity index (χ0v) is 10.6. The van der Waals surface area contributed by atoms with Crippen molar-refractivity contribution in [3.05, 3.63) is 47.9 Å². The molecule has 0 unspecified atom stereocenters. The maximum Gasteiger partial charge on any atom is 0.262 e. The van der Waals surface area contributed by atoms with Crippen LogP contribution in [0.15, 0.2) is 36.5 Å². The number of hydrogen-bond acceptors (Lipinski definition) is 4. The van der Waals surface area contributed by atoms with Crippen molar-refractivity contribution in [3.63, 3.8) is 0 Å². The van der Waals surface area contributed by atoms with Crippen LogP contribution in [0.4, 0.5) is 4.39 Å². The molecule has 1 heterocycles. The minimum atomic E-state index is -0.476. The highest BCUT2D eigenvalue weighted by Crippen LogP contribution is 2.30. The number of benzene rings is 1. The molecule has 1 aromatic carbocycles. The van der Waals surface area contributed by atoms with Gasteiger partial charge in [0, 0.05) is 12.7 Å². The number of aromatic nitrogens is 1. The van der Waals surface area contributed by atoms with E-state index in [1.54, 1.807) is 24.4 Å². The highest BCUT2D eigenvalue weighted by molar-refractivity contribution is 5.38. The van der Waals surface area contributed by atoms with Gasteiger partial charge in [-0.3, -0.25) is 0 Å². The summed E-state index contributed by atoms with van der Waals surface area (Å²) in [5.41, 5.74) is 6.15. The number of hydrogen-bond donors (Lipinski definition) is 1. The standard InChI is InChI=1S/C14H15FN2O2/c1-2-18-13-4-3-7-17-14(13)19-12-6-5-10(9-16)8-11(12)15/h3-8H,2,9,16H2,1H3. The summed E-state index contributed by atoms with van der Waals surface area (Å²) in [4.78, 5) is 4.04. The van der Waals surface area contributed by atoms with E-state index < -0.39 is 5.82 Å². The Morgan fingerprint density at radius 3 is 2.79 bits per heavy atom. The Labute approximate surface area is 111 Å². The van der Waals surface area contributed by atoms with Crippen LogP contribution in [0.1, 0.15) is 12.5 Å². The maximum absolute atomic E-state index is 13.8. The van der Waals surface area contributed by atoms with Gasteiger partial charge in [0.05, 0.1) is 6.61 Å². The maximum atomic E-state index is 13.8. The fourth-order valence-corrected chi connectivity index (χ4v) is 1.58. The Hall–Kier alpha value is -2.14. The first-order valence-electron chi connectivity index (χ1n) is 5.98. The van der Waals surface area contributed by atoms with E-state index in [1.165, 1.54) is 12.1 Å². The van der Waals surface area contributed by atoms with Crippen LogP contribution in [0.3, 0.4) is 0 Å². The lowest BCUT2D eigenvalue weighted by molar-refractivity contribution is 0.313.